The molecule has 0 aromatic carbocycles. The molecule has 0 saturated heterocycles. The van der Waals surface area contributed by atoms with E-state index in [9.17, 15) is 13.5 Å². The van der Waals surface area contributed by atoms with Crippen LogP contribution in [0.4, 0.5) is 0 Å². The first kappa shape index (κ1) is 16.2. The van der Waals surface area contributed by atoms with E-state index in [1.165, 1.54) is 0 Å². The molecule has 0 spiro atoms. The molecule has 0 atom stereocenters. The van der Waals surface area contributed by atoms with Gasteiger partial charge in [0.2, 0.25) is 10.0 Å². The Morgan fingerprint density at radius 3 is 2.16 bits per heavy atom. The number of nitrogens with one attached hydrogen (secondary N) is 1. The first-order valence-corrected chi connectivity index (χ1v) is 7.92. The molecule has 0 saturated carbocycles. The van der Waals surface area contributed by atoms with Gasteiger partial charge in [0.05, 0.1) is 6.61 Å². The summed E-state index contributed by atoms with van der Waals surface area (Å²) in [5.41, 5.74) is -0.164. The van der Waals surface area contributed by atoms with E-state index in [-0.39, 0.29) is 11.5 Å². The molecule has 19 heavy (non-hydrogen) atoms. The quantitative estimate of drug-likeness (QED) is 0.841. The molecule has 1 rings (SSSR count). The monoisotopic (exact) mass is 289 g/mol. The van der Waals surface area contributed by atoms with Crippen molar-refractivity contribution in [3.63, 3.8) is 0 Å². The van der Waals surface area contributed by atoms with E-state index in [2.05, 4.69) is 4.72 Å². The predicted molar refractivity (Wildman–Crippen MR) is 73.4 cm³/mol. The fourth-order valence-corrected chi connectivity index (χ4v) is 4.01. The van der Waals surface area contributed by atoms with Crippen molar-refractivity contribution in [1.82, 2.24) is 4.72 Å². The minimum atomic E-state index is -3.70. The predicted octanol–water partition coefficient (Wildman–Crippen LogP) is 2.25. The summed E-state index contributed by atoms with van der Waals surface area (Å²) in [6.45, 7) is 8.63. The van der Waals surface area contributed by atoms with Crippen molar-refractivity contribution in [3.05, 3.63) is 17.1 Å². The molecule has 0 aliphatic carbocycles. The summed E-state index contributed by atoms with van der Waals surface area (Å²) in [6.07, 6.45) is 1.38. The first-order valence-electron chi connectivity index (χ1n) is 6.44. The number of hydrogen-bond acceptors (Lipinski definition) is 4. The van der Waals surface area contributed by atoms with Gasteiger partial charge in [-0.3, -0.25) is 0 Å². The maximum atomic E-state index is 12.5. The van der Waals surface area contributed by atoms with Crippen molar-refractivity contribution in [1.29, 1.82) is 0 Å². The molecule has 110 valence electrons. The molecule has 0 aliphatic rings. The normalized spacial score (nSPS) is 12.9. The third kappa shape index (κ3) is 3.19. The fourth-order valence-electron chi connectivity index (χ4n) is 2.01. The van der Waals surface area contributed by atoms with E-state index >= 15 is 0 Å². The van der Waals surface area contributed by atoms with Crippen LogP contribution in [0.2, 0.25) is 0 Å². The maximum Gasteiger partial charge on any atom is 0.244 e. The van der Waals surface area contributed by atoms with Gasteiger partial charge >= 0.3 is 0 Å². The lowest BCUT2D eigenvalue weighted by atomic mass is 9.98. The molecule has 2 N–H and O–H groups in total. The van der Waals surface area contributed by atoms with Crippen LogP contribution >= 0.6 is 0 Å². The van der Waals surface area contributed by atoms with E-state index in [1.54, 1.807) is 13.8 Å². The summed E-state index contributed by atoms with van der Waals surface area (Å²) in [7, 11) is -3.70. The molecule has 0 unspecified atom stereocenters. The van der Waals surface area contributed by atoms with Gasteiger partial charge < -0.3 is 9.52 Å². The van der Waals surface area contributed by atoms with Crippen LogP contribution in [0.5, 0.6) is 0 Å². The minimum Gasteiger partial charge on any atom is -0.465 e. The van der Waals surface area contributed by atoms with Crippen LogP contribution < -0.4 is 4.72 Å². The Labute approximate surface area is 115 Å². The van der Waals surface area contributed by atoms with Crippen molar-refractivity contribution < 1.29 is 17.9 Å². The molecule has 1 aromatic rings. The highest BCUT2D eigenvalue weighted by atomic mass is 32.2. The second-order valence-corrected chi connectivity index (χ2v) is 6.67. The molecule has 0 radical (unpaired) electrons. The number of aliphatic hydroxyl groups excluding tert-OH is 1. The topological polar surface area (TPSA) is 79.5 Å². The summed E-state index contributed by atoms with van der Waals surface area (Å²) in [5.74, 6) is 0.749. The Balaban J connectivity index is 3.29. The standard InChI is InChI=1S/C13H23NO4S/c1-6-13(5,7-2)14-19(16,17)12-10(4)18-9(3)11(12)8-15/h14-15H,6-8H2,1-5H3. The van der Waals surface area contributed by atoms with Crippen LogP contribution in [0.1, 0.15) is 50.7 Å². The Hall–Kier alpha value is -0.850. The number of furan rings is 1. The van der Waals surface area contributed by atoms with Gasteiger partial charge in [-0.2, -0.15) is 0 Å². The van der Waals surface area contributed by atoms with Gasteiger partial charge in [0.1, 0.15) is 16.4 Å². The van der Waals surface area contributed by atoms with Crippen LogP contribution in [0.15, 0.2) is 9.31 Å². The SMILES string of the molecule is CCC(C)(CC)NS(=O)(=O)c1c(C)oc(C)c1CO. The highest BCUT2D eigenvalue weighted by Gasteiger charge is 2.32. The molecule has 1 heterocycles. The van der Waals surface area contributed by atoms with Crippen molar-refractivity contribution >= 4 is 10.0 Å². The summed E-state index contributed by atoms with van der Waals surface area (Å²) in [5, 5.41) is 9.34. The van der Waals surface area contributed by atoms with Gasteiger partial charge in [0.25, 0.3) is 0 Å². The number of rotatable bonds is 6. The zero-order valence-corrected chi connectivity index (χ0v) is 13.0. The maximum absolute atomic E-state index is 12.5. The molecular formula is C13H23NO4S. The third-order valence-electron chi connectivity index (χ3n) is 3.69. The Morgan fingerprint density at radius 1 is 1.21 bits per heavy atom. The second kappa shape index (κ2) is 5.64. The lowest BCUT2D eigenvalue weighted by Crippen LogP contribution is -2.45. The van der Waals surface area contributed by atoms with Gasteiger partial charge in [-0.25, -0.2) is 13.1 Å². The molecule has 5 nitrogen and oxygen atoms in total. The fraction of sp³-hybridized carbons (Fsp3) is 0.692. The highest BCUT2D eigenvalue weighted by molar-refractivity contribution is 7.89. The van der Waals surface area contributed by atoms with Crippen molar-refractivity contribution in [2.45, 2.75) is 64.5 Å². The van der Waals surface area contributed by atoms with Gasteiger partial charge in [-0.15, -0.1) is 0 Å². The number of hydrogen-bond donors (Lipinski definition) is 2. The minimum absolute atomic E-state index is 0.0700. The van der Waals surface area contributed by atoms with Gasteiger partial charge in [-0.05, 0) is 33.6 Å². The van der Waals surface area contributed by atoms with Gasteiger partial charge in [0.15, 0.2) is 0 Å². The molecule has 6 heteroatoms. The van der Waals surface area contributed by atoms with Gasteiger partial charge in [-0.1, -0.05) is 13.8 Å². The van der Waals surface area contributed by atoms with Crippen LogP contribution in [0, 0.1) is 13.8 Å². The van der Waals surface area contributed by atoms with Crippen molar-refractivity contribution in [3.8, 4) is 0 Å². The second-order valence-electron chi connectivity index (χ2n) is 5.05. The van der Waals surface area contributed by atoms with Crippen molar-refractivity contribution in [2.24, 2.45) is 0 Å². The van der Waals surface area contributed by atoms with Crippen molar-refractivity contribution in [2.75, 3.05) is 0 Å². The van der Waals surface area contributed by atoms with E-state index in [0.717, 1.165) is 0 Å². The Bertz CT molecular complexity index is 541. The van der Waals surface area contributed by atoms with Crippen LogP contribution in [0.25, 0.3) is 0 Å². The Kier molecular flexibility index (Phi) is 4.81. The molecular weight excluding hydrogens is 266 g/mol. The third-order valence-corrected chi connectivity index (χ3v) is 5.53. The summed E-state index contributed by atoms with van der Waals surface area (Å²) >= 11 is 0. The van der Waals surface area contributed by atoms with Crippen LogP contribution in [-0.2, 0) is 16.6 Å². The van der Waals surface area contributed by atoms with E-state index < -0.39 is 15.6 Å². The zero-order valence-electron chi connectivity index (χ0n) is 12.2. The highest BCUT2D eigenvalue weighted by Crippen LogP contribution is 2.28. The first-order chi connectivity index (χ1) is 8.70. The van der Waals surface area contributed by atoms with E-state index in [1.807, 2.05) is 20.8 Å². The average Bonchev–Trinajstić information content (AvgIpc) is 2.63. The smallest absolute Gasteiger partial charge is 0.244 e. The lowest BCUT2D eigenvalue weighted by Gasteiger charge is -2.27. The largest absolute Gasteiger partial charge is 0.465 e. The lowest BCUT2D eigenvalue weighted by molar-refractivity contribution is 0.276. The van der Waals surface area contributed by atoms with Gasteiger partial charge in [0, 0.05) is 11.1 Å². The van der Waals surface area contributed by atoms with E-state index in [0.29, 0.717) is 29.9 Å². The molecule has 0 aliphatic heterocycles. The van der Waals surface area contributed by atoms with E-state index in [4.69, 9.17) is 4.42 Å². The zero-order chi connectivity index (χ0) is 14.8. The molecule has 1 aromatic heterocycles. The summed E-state index contributed by atoms with van der Waals surface area (Å²) in [6, 6.07) is 0. The summed E-state index contributed by atoms with van der Waals surface area (Å²) in [4.78, 5) is 0.0700. The Morgan fingerprint density at radius 2 is 1.74 bits per heavy atom. The molecule has 0 amide bonds. The average molecular weight is 289 g/mol. The van der Waals surface area contributed by atoms with Crippen LogP contribution in [-0.4, -0.2) is 19.1 Å². The van der Waals surface area contributed by atoms with Crippen LogP contribution in [0.3, 0.4) is 0 Å². The molecule has 0 fully saturated rings. The number of aryl methyl sites for hydroxylation is 2. The molecule has 0 bridgehead atoms. The summed E-state index contributed by atoms with van der Waals surface area (Å²) < 4.78 is 33.0. The number of aliphatic hydroxyl groups is 1. The number of sulfonamides is 1.